The summed E-state index contributed by atoms with van der Waals surface area (Å²) in [5, 5.41) is 0. The molecule has 0 heterocycles. The Labute approximate surface area is 138 Å². The van der Waals surface area contributed by atoms with Gasteiger partial charge in [0.2, 0.25) is 0 Å². The Bertz CT molecular complexity index is 663. The van der Waals surface area contributed by atoms with Crippen molar-refractivity contribution in [1.29, 1.82) is 0 Å². The van der Waals surface area contributed by atoms with Crippen LogP contribution in [-0.2, 0) is 6.18 Å². The van der Waals surface area contributed by atoms with Gasteiger partial charge in [0, 0.05) is 4.47 Å². The van der Waals surface area contributed by atoms with Gasteiger partial charge < -0.3 is 0 Å². The molecule has 0 aliphatic rings. The van der Waals surface area contributed by atoms with Crippen molar-refractivity contribution >= 4 is 31.9 Å². The molecule has 0 aliphatic heterocycles. The lowest BCUT2D eigenvalue weighted by Gasteiger charge is -2.16. The van der Waals surface area contributed by atoms with E-state index in [1.54, 1.807) is 6.07 Å². The van der Waals surface area contributed by atoms with Gasteiger partial charge in [-0.1, -0.05) is 56.1 Å². The lowest BCUT2D eigenvalue weighted by atomic mass is 9.99. The summed E-state index contributed by atoms with van der Waals surface area (Å²) >= 11 is 6.45. The molecule has 21 heavy (non-hydrogen) atoms. The van der Waals surface area contributed by atoms with Gasteiger partial charge >= 0.3 is 6.18 Å². The summed E-state index contributed by atoms with van der Waals surface area (Å²) in [7, 11) is 0. The second-order valence-corrected chi connectivity index (χ2v) is 6.71. The third kappa shape index (κ3) is 3.69. The van der Waals surface area contributed by atoms with Crippen molar-refractivity contribution in [3.63, 3.8) is 0 Å². The fraction of sp³-hybridized carbons (Fsp3) is 0.250. The zero-order valence-electron chi connectivity index (χ0n) is 11.4. The predicted molar refractivity (Wildman–Crippen MR) is 85.8 cm³/mol. The van der Waals surface area contributed by atoms with Gasteiger partial charge in [-0.15, -0.1) is 0 Å². The minimum Gasteiger partial charge on any atom is -0.166 e. The number of rotatable bonds is 2. The van der Waals surface area contributed by atoms with Crippen molar-refractivity contribution < 1.29 is 13.2 Å². The van der Waals surface area contributed by atoms with Crippen LogP contribution in [0.5, 0.6) is 0 Å². The second-order valence-electron chi connectivity index (χ2n) is 4.94. The van der Waals surface area contributed by atoms with E-state index < -0.39 is 11.7 Å². The Morgan fingerprint density at radius 1 is 0.905 bits per heavy atom. The highest BCUT2D eigenvalue weighted by Gasteiger charge is 2.33. The average Bonchev–Trinajstić information content (AvgIpc) is 2.40. The smallest absolute Gasteiger partial charge is 0.166 e. The molecule has 2 rings (SSSR count). The fourth-order valence-electron chi connectivity index (χ4n) is 2.03. The molecular formula is C16H13Br2F3. The summed E-state index contributed by atoms with van der Waals surface area (Å²) in [5.41, 5.74) is 3.13. The summed E-state index contributed by atoms with van der Waals surface area (Å²) in [4.78, 5) is -0.272. The van der Waals surface area contributed by atoms with Gasteiger partial charge in [-0.05, 0) is 48.2 Å². The SMILES string of the molecule is Cc1ccc(C(Br)c2ccc(Br)c(C(F)(F)F)c2)cc1C. The fourth-order valence-corrected chi connectivity index (χ4v) is 3.07. The van der Waals surface area contributed by atoms with E-state index in [1.807, 2.05) is 32.0 Å². The molecule has 0 fully saturated rings. The Morgan fingerprint density at radius 2 is 1.48 bits per heavy atom. The van der Waals surface area contributed by atoms with Crippen LogP contribution in [0.2, 0.25) is 0 Å². The first-order valence-corrected chi connectivity index (χ1v) is 7.99. The predicted octanol–water partition coefficient (Wildman–Crippen LogP) is 6.57. The first-order chi connectivity index (χ1) is 9.70. The maximum Gasteiger partial charge on any atom is 0.417 e. The molecule has 112 valence electrons. The first kappa shape index (κ1) is 16.6. The molecule has 0 aromatic heterocycles. The van der Waals surface area contributed by atoms with Crippen LogP contribution in [0.1, 0.15) is 32.6 Å². The summed E-state index contributed by atoms with van der Waals surface area (Å²) in [6.45, 7) is 3.99. The second kappa shape index (κ2) is 6.13. The van der Waals surface area contributed by atoms with E-state index in [0.29, 0.717) is 5.56 Å². The molecule has 0 spiro atoms. The highest BCUT2D eigenvalue weighted by atomic mass is 79.9. The van der Waals surface area contributed by atoms with Crippen LogP contribution in [0.3, 0.4) is 0 Å². The molecule has 2 aromatic carbocycles. The highest BCUT2D eigenvalue weighted by Crippen LogP contribution is 2.39. The monoisotopic (exact) mass is 420 g/mol. The Morgan fingerprint density at radius 3 is 2.05 bits per heavy atom. The van der Waals surface area contributed by atoms with Crippen molar-refractivity contribution in [2.45, 2.75) is 24.9 Å². The van der Waals surface area contributed by atoms with E-state index in [1.165, 1.54) is 12.1 Å². The number of hydrogen-bond acceptors (Lipinski definition) is 0. The van der Waals surface area contributed by atoms with Gasteiger partial charge in [-0.2, -0.15) is 13.2 Å². The van der Waals surface area contributed by atoms with Crippen molar-refractivity contribution in [3.05, 3.63) is 68.7 Å². The third-order valence-corrected chi connectivity index (χ3v) is 5.16. The maximum atomic E-state index is 13.0. The van der Waals surface area contributed by atoms with E-state index in [-0.39, 0.29) is 9.30 Å². The topological polar surface area (TPSA) is 0 Å². The molecule has 0 radical (unpaired) electrons. The molecule has 0 amide bonds. The van der Waals surface area contributed by atoms with Gasteiger partial charge in [0.05, 0.1) is 10.4 Å². The molecule has 0 saturated carbocycles. The Kier molecular flexibility index (Phi) is 4.83. The van der Waals surface area contributed by atoms with Crippen LogP contribution in [0.4, 0.5) is 13.2 Å². The number of hydrogen-bond donors (Lipinski definition) is 0. The normalized spacial score (nSPS) is 13.3. The molecule has 0 nitrogen and oxygen atoms in total. The van der Waals surface area contributed by atoms with Crippen molar-refractivity contribution in [1.82, 2.24) is 0 Å². The summed E-state index contributed by atoms with van der Waals surface area (Å²) in [6, 6.07) is 10.2. The number of halogens is 5. The number of alkyl halides is 4. The van der Waals surface area contributed by atoms with Gasteiger partial charge in [0.25, 0.3) is 0 Å². The molecule has 0 bridgehead atoms. The van der Waals surface area contributed by atoms with E-state index in [4.69, 9.17) is 0 Å². The van der Waals surface area contributed by atoms with Gasteiger partial charge in [-0.25, -0.2) is 0 Å². The van der Waals surface area contributed by atoms with Crippen LogP contribution in [0.25, 0.3) is 0 Å². The maximum absolute atomic E-state index is 13.0. The molecule has 0 saturated heterocycles. The minimum absolute atomic E-state index is 0.0542. The Hall–Kier alpha value is -0.810. The Balaban J connectivity index is 2.44. The van der Waals surface area contributed by atoms with E-state index >= 15 is 0 Å². The summed E-state index contributed by atoms with van der Waals surface area (Å²) in [6.07, 6.45) is -4.37. The first-order valence-electron chi connectivity index (χ1n) is 6.28. The minimum atomic E-state index is -4.37. The van der Waals surface area contributed by atoms with E-state index in [0.717, 1.165) is 16.7 Å². The van der Waals surface area contributed by atoms with Crippen molar-refractivity contribution in [3.8, 4) is 0 Å². The lowest BCUT2D eigenvalue weighted by molar-refractivity contribution is -0.138. The summed E-state index contributed by atoms with van der Waals surface area (Å²) < 4.78 is 39.0. The van der Waals surface area contributed by atoms with Crippen LogP contribution in [0, 0.1) is 13.8 Å². The zero-order chi connectivity index (χ0) is 15.8. The van der Waals surface area contributed by atoms with Crippen LogP contribution in [0.15, 0.2) is 40.9 Å². The number of benzene rings is 2. The van der Waals surface area contributed by atoms with E-state index in [2.05, 4.69) is 31.9 Å². The highest BCUT2D eigenvalue weighted by molar-refractivity contribution is 9.10. The quantitative estimate of drug-likeness (QED) is 0.481. The average molecular weight is 422 g/mol. The van der Waals surface area contributed by atoms with Crippen LogP contribution >= 0.6 is 31.9 Å². The van der Waals surface area contributed by atoms with Gasteiger partial charge in [0.1, 0.15) is 0 Å². The van der Waals surface area contributed by atoms with Crippen molar-refractivity contribution in [2.24, 2.45) is 0 Å². The molecule has 0 aliphatic carbocycles. The van der Waals surface area contributed by atoms with Gasteiger partial charge in [0.15, 0.2) is 0 Å². The molecule has 2 aromatic rings. The van der Waals surface area contributed by atoms with Crippen LogP contribution < -0.4 is 0 Å². The number of aryl methyl sites for hydroxylation is 2. The zero-order valence-corrected chi connectivity index (χ0v) is 14.6. The molecule has 1 atom stereocenters. The molecule has 5 heteroatoms. The molecular weight excluding hydrogens is 409 g/mol. The third-order valence-electron chi connectivity index (χ3n) is 3.41. The summed E-state index contributed by atoms with van der Waals surface area (Å²) in [5.74, 6) is 0. The van der Waals surface area contributed by atoms with E-state index in [9.17, 15) is 13.2 Å². The van der Waals surface area contributed by atoms with Crippen molar-refractivity contribution in [2.75, 3.05) is 0 Å². The lowest BCUT2D eigenvalue weighted by Crippen LogP contribution is -2.07. The van der Waals surface area contributed by atoms with Gasteiger partial charge in [-0.3, -0.25) is 0 Å². The standard InChI is InChI=1S/C16H13Br2F3/c1-9-3-4-11(7-10(9)2)15(18)12-5-6-14(17)13(8-12)16(19,20)21/h3-8,15H,1-2H3. The van der Waals surface area contributed by atoms with Crippen LogP contribution in [-0.4, -0.2) is 0 Å². The molecule has 1 unspecified atom stereocenters. The largest absolute Gasteiger partial charge is 0.417 e. The molecule has 0 N–H and O–H groups in total.